The Morgan fingerprint density at radius 1 is 1.46 bits per heavy atom. The summed E-state index contributed by atoms with van der Waals surface area (Å²) in [5.74, 6) is 1.31. The van der Waals surface area contributed by atoms with Gasteiger partial charge >= 0.3 is 5.69 Å². The van der Waals surface area contributed by atoms with Crippen molar-refractivity contribution in [3.05, 3.63) is 22.6 Å². The fraction of sp³-hybridized carbons (Fsp3) is 0.429. The maximum atomic E-state index is 11.2. The van der Waals surface area contributed by atoms with Gasteiger partial charge in [0.1, 0.15) is 12.2 Å². The third-order valence-electron chi connectivity index (χ3n) is 1.91. The van der Waals surface area contributed by atoms with Gasteiger partial charge in [0.25, 0.3) is 0 Å². The number of nitrogens with zero attached hydrogens (tertiary/aromatic N) is 5. The Bertz CT molecular complexity index is 497. The van der Waals surface area contributed by atoms with E-state index in [-0.39, 0.29) is 5.69 Å². The van der Waals surface area contributed by atoms with Gasteiger partial charge in [-0.05, 0) is 13.8 Å². The van der Waals surface area contributed by atoms with Crippen LogP contribution in [0.2, 0.25) is 0 Å². The normalized spacial score (nSPS) is 10.9. The molecule has 0 aliphatic carbocycles. The molecular formula is C7H9N5O. The zero-order valence-electron chi connectivity index (χ0n) is 7.43. The molecule has 0 saturated carbocycles. The lowest BCUT2D eigenvalue weighted by atomic mass is 10.6. The van der Waals surface area contributed by atoms with Gasteiger partial charge in [0, 0.05) is 6.54 Å². The molecule has 6 nitrogen and oxygen atoms in total. The van der Waals surface area contributed by atoms with Crippen LogP contribution in [0.4, 0.5) is 0 Å². The highest BCUT2D eigenvalue weighted by Crippen LogP contribution is 1.99. The monoisotopic (exact) mass is 179 g/mol. The predicted molar refractivity (Wildman–Crippen MR) is 45.5 cm³/mol. The van der Waals surface area contributed by atoms with Gasteiger partial charge < -0.3 is 0 Å². The summed E-state index contributed by atoms with van der Waals surface area (Å²) < 4.78 is 3.06. The van der Waals surface area contributed by atoms with Crippen LogP contribution in [0.25, 0.3) is 5.78 Å². The first-order valence-electron chi connectivity index (χ1n) is 4.01. The minimum Gasteiger partial charge on any atom is -0.297 e. The fourth-order valence-corrected chi connectivity index (χ4v) is 1.31. The molecule has 0 saturated heterocycles. The summed E-state index contributed by atoms with van der Waals surface area (Å²) in [7, 11) is 0. The van der Waals surface area contributed by atoms with E-state index in [1.165, 1.54) is 10.8 Å². The molecule has 0 amide bonds. The summed E-state index contributed by atoms with van der Waals surface area (Å²) in [6.45, 7) is 4.55. The second-order valence-corrected chi connectivity index (χ2v) is 2.66. The van der Waals surface area contributed by atoms with Crippen LogP contribution >= 0.6 is 0 Å². The largest absolute Gasteiger partial charge is 0.372 e. The van der Waals surface area contributed by atoms with E-state index in [0.717, 1.165) is 12.4 Å². The lowest BCUT2D eigenvalue weighted by Crippen LogP contribution is -2.18. The van der Waals surface area contributed by atoms with Crippen molar-refractivity contribution in [3.8, 4) is 0 Å². The average Bonchev–Trinajstić information content (AvgIpc) is 2.43. The van der Waals surface area contributed by atoms with Crippen molar-refractivity contribution in [2.45, 2.75) is 20.4 Å². The van der Waals surface area contributed by atoms with Crippen molar-refractivity contribution in [2.24, 2.45) is 0 Å². The first-order chi connectivity index (χ1) is 6.24. The van der Waals surface area contributed by atoms with E-state index in [2.05, 4.69) is 15.1 Å². The Morgan fingerprint density at radius 2 is 2.23 bits per heavy atom. The summed E-state index contributed by atoms with van der Waals surface area (Å²) in [5, 5.41) is 4.03. The Morgan fingerprint density at radius 3 is 2.92 bits per heavy atom. The number of hydrogen-bond donors (Lipinski definition) is 0. The summed E-state index contributed by atoms with van der Waals surface area (Å²) in [6, 6.07) is 0. The van der Waals surface area contributed by atoms with Gasteiger partial charge in [0.15, 0.2) is 0 Å². The van der Waals surface area contributed by atoms with Gasteiger partial charge in [0.05, 0.1) is 0 Å². The van der Waals surface area contributed by atoms with Crippen molar-refractivity contribution in [1.29, 1.82) is 0 Å². The molecule has 2 aromatic rings. The van der Waals surface area contributed by atoms with Crippen molar-refractivity contribution in [3.63, 3.8) is 0 Å². The molecule has 2 heterocycles. The number of hydrogen-bond acceptors (Lipinski definition) is 4. The number of fused-ring (bicyclic) bond motifs is 1. The standard InChI is InChI=1S/C7H9N5O/c1-3-11-5(2)10-12-6(11)8-4-9-7(12)13/h4H,3H2,1-2H3. The summed E-state index contributed by atoms with van der Waals surface area (Å²) in [6.07, 6.45) is 1.25. The molecule has 0 unspecified atom stereocenters. The summed E-state index contributed by atoms with van der Waals surface area (Å²) >= 11 is 0. The molecule has 0 fully saturated rings. The van der Waals surface area contributed by atoms with Crippen LogP contribution in [-0.4, -0.2) is 24.1 Å². The Balaban J connectivity index is 2.94. The number of rotatable bonds is 1. The Kier molecular flexibility index (Phi) is 1.61. The molecule has 13 heavy (non-hydrogen) atoms. The smallest absolute Gasteiger partial charge is 0.297 e. The number of aryl methyl sites for hydroxylation is 2. The van der Waals surface area contributed by atoms with Gasteiger partial charge in [-0.15, -0.1) is 9.61 Å². The maximum absolute atomic E-state index is 11.2. The van der Waals surface area contributed by atoms with E-state index in [4.69, 9.17) is 0 Å². The van der Waals surface area contributed by atoms with E-state index in [1.807, 2.05) is 18.4 Å². The molecule has 0 bridgehead atoms. The van der Waals surface area contributed by atoms with E-state index >= 15 is 0 Å². The molecule has 0 N–H and O–H groups in total. The fourth-order valence-electron chi connectivity index (χ4n) is 1.31. The topological polar surface area (TPSA) is 65.1 Å². The molecule has 0 spiro atoms. The minimum atomic E-state index is -0.389. The molecule has 2 rings (SSSR count). The molecule has 0 radical (unpaired) electrons. The van der Waals surface area contributed by atoms with Crippen LogP contribution in [0.3, 0.4) is 0 Å². The van der Waals surface area contributed by atoms with Crippen LogP contribution < -0.4 is 5.69 Å². The van der Waals surface area contributed by atoms with Gasteiger partial charge in [-0.25, -0.2) is 9.78 Å². The molecule has 68 valence electrons. The first kappa shape index (κ1) is 7.90. The zero-order chi connectivity index (χ0) is 9.42. The molecule has 0 aromatic carbocycles. The van der Waals surface area contributed by atoms with E-state index in [1.54, 1.807) is 0 Å². The van der Waals surface area contributed by atoms with Crippen molar-refractivity contribution in [1.82, 2.24) is 24.1 Å². The highest BCUT2D eigenvalue weighted by atomic mass is 16.1. The first-order valence-corrected chi connectivity index (χ1v) is 4.01. The molecule has 0 atom stereocenters. The Hall–Kier alpha value is -1.72. The van der Waals surface area contributed by atoms with Crippen molar-refractivity contribution in [2.75, 3.05) is 0 Å². The van der Waals surface area contributed by atoms with Gasteiger partial charge in [0.2, 0.25) is 5.78 Å². The molecule has 0 aliphatic heterocycles. The van der Waals surface area contributed by atoms with Gasteiger partial charge in [-0.2, -0.15) is 4.98 Å². The van der Waals surface area contributed by atoms with Crippen LogP contribution in [0.15, 0.2) is 11.1 Å². The van der Waals surface area contributed by atoms with E-state index in [0.29, 0.717) is 5.78 Å². The van der Waals surface area contributed by atoms with E-state index in [9.17, 15) is 4.79 Å². The predicted octanol–water partition coefficient (Wildman–Crippen LogP) is -0.386. The van der Waals surface area contributed by atoms with Crippen molar-refractivity contribution < 1.29 is 0 Å². The van der Waals surface area contributed by atoms with Crippen molar-refractivity contribution >= 4 is 5.78 Å². The van der Waals surface area contributed by atoms with Crippen LogP contribution in [0.1, 0.15) is 12.7 Å². The highest BCUT2D eigenvalue weighted by molar-refractivity contribution is 5.26. The second kappa shape index (κ2) is 2.65. The van der Waals surface area contributed by atoms with Gasteiger partial charge in [-0.3, -0.25) is 4.57 Å². The average molecular weight is 179 g/mol. The quantitative estimate of drug-likeness (QED) is 0.598. The Labute approximate surface area is 73.9 Å². The SMILES string of the molecule is CCn1c(C)nn2c(=O)ncnc12. The zero-order valence-corrected chi connectivity index (χ0v) is 7.43. The molecule has 6 heteroatoms. The number of aromatic nitrogens is 5. The third-order valence-corrected chi connectivity index (χ3v) is 1.91. The summed E-state index contributed by atoms with van der Waals surface area (Å²) in [4.78, 5) is 18.7. The van der Waals surface area contributed by atoms with E-state index < -0.39 is 0 Å². The summed E-state index contributed by atoms with van der Waals surface area (Å²) in [5.41, 5.74) is -0.389. The second-order valence-electron chi connectivity index (χ2n) is 2.66. The molecule has 0 aliphatic rings. The van der Waals surface area contributed by atoms with Crippen LogP contribution in [0, 0.1) is 6.92 Å². The van der Waals surface area contributed by atoms with Crippen LogP contribution in [-0.2, 0) is 6.54 Å². The minimum absolute atomic E-state index is 0.389. The third kappa shape index (κ3) is 1.02. The molecular weight excluding hydrogens is 170 g/mol. The van der Waals surface area contributed by atoms with Crippen LogP contribution in [0.5, 0.6) is 0 Å². The maximum Gasteiger partial charge on any atom is 0.372 e. The molecule has 2 aromatic heterocycles. The lowest BCUT2D eigenvalue weighted by Gasteiger charge is -1.97. The van der Waals surface area contributed by atoms with Gasteiger partial charge in [-0.1, -0.05) is 0 Å². The lowest BCUT2D eigenvalue weighted by molar-refractivity contribution is 0.744. The highest BCUT2D eigenvalue weighted by Gasteiger charge is 2.07.